The van der Waals surface area contributed by atoms with Crippen LogP contribution in [0.3, 0.4) is 0 Å². The Hall–Kier alpha value is -1.06. The molecule has 0 radical (unpaired) electrons. The SMILES string of the molecule is CC(=O)NC(C)C(=O)NCCC(C)C. The van der Waals surface area contributed by atoms with Crippen LogP contribution in [0.4, 0.5) is 0 Å². The van der Waals surface area contributed by atoms with E-state index >= 15 is 0 Å². The minimum Gasteiger partial charge on any atom is -0.354 e. The van der Waals surface area contributed by atoms with E-state index in [1.165, 1.54) is 6.92 Å². The van der Waals surface area contributed by atoms with Gasteiger partial charge in [-0.2, -0.15) is 0 Å². The van der Waals surface area contributed by atoms with Gasteiger partial charge < -0.3 is 10.6 Å². The van der Waals surface area contributed by atoms with Crippen molar-refractivity contribution in [2.24, 2.45) is 5.92 Å². The molecule has 0 spiro atoms. The molecule has 82 valence electrons. The van der Waals surface area contributed by atoms with Crippen LogP contribution in [0.1, 0.15) is 34.1 Å². The minimum atomic E-state index is -0.445. The fraction of sp³-hybridized carbons (Fsp3) is 0.800. The van der Waals surface area contributed by atoms with Gasteiger partial charge in [-0.15, -0.1) is 0 Å². The molecule has 0 heterocycles. The van der Waals surface area contributed by atoms with Gasteiger partial charge in [0.05, 0.1) is 0 Å². The maximum atomic E-state index is 11.3. The molecule has 0 aromatic carbocycles. The molecule has 0 aliphatic heterocycles. The van der Waals surface area contributed by atoms with Gasteiger partial charge in [0.25, 0.3) is 0 Å². The van der Waals surface area contributed by atoms with Crippen LogP contribution < -0.4 is 10.6 Å². The van der Waals surface area contributed by atoms with Crippen molar-refractivity contribution in [3.05, 3.63) is 0 Å². The molecular weight excluding hydrogens is 180 g/mol. The molecule has 0 fully saturated rings. The van der Waals surface area contributed by atoms with E-state index in [1.807, 2.05) is 0 Å². The first-order valence-electron chi connectivity index (χ1n) is 4.98. The Morgan fingerprint density at radius 3 is 2.21 bits per heavy atom. The maximum absolute atomic E-state index is 11.3. The quantitative estimate of drug-likeness (QED) is 0.685. The van der Waals surface area contributed by atoms with Crippen LogP contribution in [0.2, 0.25) is 0 Å². The number of carbonyl (C=O) groups excluding carboxylic acids is 2. The Labute approximate surface area is 85.4 Å². The monoisotopic (exact) mass is 200 g/mol. The first-order chi connectivity index (χ1) is 6.43. The summed E-state index contributed by atoms with van der Waals surface area (Å²) in [5.41, 5.74) is 0. The lowest BCUT2D eigenvalue weighted by Gasteiger charge is -2.13. The Morgan fingerprint density at radius 2 is 1.79 bits per heavy atom. The number of hydrogen-bond acceptors (Lipinski definition) is 2. The summed E-state index contributed by atoms with van der Waals surface area (Å²) in [6.45, 7) is 7.94. The van der Waals surface area contributed by atoms with Crippen molar-refractivity contribution in [3.8, 4) is 0 Å². The highest BCUT2D eigenvalue weighted by atomic mass is 16.2. The fourth-order valence-corrected chi connectivity index (χ4v) is 1.01. The third-order valence-corrected chi connectivity index (χ3v) is 1.83. The van der Waals surface area contributed by atoms with Gasteiger partial charge in [-0.05, 0) is 19.3 Å². The maximum Gasteiger partial charge on any atom is 0.242 e. The second kappa shape index (κ2) is 6.40. The van der Waals surface area contributed by atoms with Gasteiger partial charge in [0.1, 0.15) is 6.04 Å². The van der Waals surface area contributed by atoms with Crippen LogP contribution in [-0.4, -0.2) is 24.4 Å². The lowest BCUT2D eigenvalue weighted by molar-refractivity contribution is -0.127. The highest BCUT2D eigenvalue weighted by Gasteiger charge is 2.12. The van der Waals surface area contributed by atoms with Crippen LogP contribution >= 0.6 is 0 Å². The molecule has 4 heteroatoms. The molecule has 0 saturated carbocycles. The summed E-state index contributed by atoms with van der Waals surface area (Å²) >= 11 is 0. The molecule has 0 bridgehead atoms. The molecule has 0 rings (SSSR count). The van der Waals surface area contributed by atoms with Gasteiger partial charge in [0.2, 0.25) is 11.8 Å². The zero-order valence-electron chi connectivity index (χ0n) is 9.39. The van der Waals surface area contributed by atoms with E-state index in [4.69, 9.17) is 0 Å². The van der Waals surface area contributed by atoms with Gasteiger partial charge >= 0.3 is 0 Å². The van der Waals surface area contributed by atoms with Gasteiger partial charge in [-0.1, -0.05) is 13.8 Å². The number of amides is 2. The number of nitrogens with one attached hydrogen (secondary N) is 2. The van der Waals surface area contributed by atoms with Crippen molar-refractivity contribution in [3.63, 3.8) is 0 Å². The highest BCUT2D eigenvalue weighted by Crippen LogP contribution is 1.96. The van der Waals surface area contributed by atoms with E-state index in [9.17, 15) is 9.59 Å². The van der Waals surface area contributed by atoms with Crippen molar-refractivity contribution in [1.82, 2.24) is 10.6 Å². The van der Waals surface area contributed by atoms with Gasteiger partial charge in [0, 0.05) is 13.5 Å². The molecule has 0 aliphatic carbocycles. The summed E-state index contributed by atoms with van der Waals surface area (Å²) in [4.78, 5) is 22.0. The van der Waals surface area contributed by atoms with Crippen molar-refractivity contribution < 1.29 is 9.59 Å². The average molecular weight is 200 g/mol. The second-order valence-corrected chi connectivity index (χ2v) is 3.90. The van der Waals surface area contributed by atoms with Crippen molar-refractivity contribution in [2.75, 3.05) is 6.54 Å². The lowest BCUT2D eigenvalue weighted by Crippen LogP contribution is -2.44. The van der Waals surface area contributed by atoms with Crippen molar-refractivity contribution >= 4 is 11.8 Å². The number of carbonyl (C=O) groups is 2. The predicted molar refractivity (Wildman–Crippen MR) is 55.7 cm³/mol. The van der Waals surface area contributed by atoms with Crippen LogP contribution in [-0.2, 0) is 9.59 Å². The number of hydrogen-bond donors (Lipinski definition) is 2. The van der Waals surface area contributed by atoms with Crippen LogP contribution in [0.5, 0.6) is 0 Å². The topological polar surface area (TPSA) is 58.2 Å². The molecule has 1 unspecified atom stereocenters. The summed E-state index contributed by atoms with van der Waals surface area (Å²) in [6.07, 6.45) is 0.957. The standard InChI is InChI=1S/C10H20N2O2/c1-7(2)5-6-11-10(14)8(3)12-9(4)13/h7-8H,5-6H2,1-4H3,(H,11,14)(H,12,13). The first-order valence-corrected chi connectivity index (χ1v) is 4.98. The zero-order valence-corrected chi connectivity index (χ0v) is 9.39. The van der Waals surface area contributed by atoms with E-state index in [0.717, 1.165) is 6.42 Å². The average Bonchev–Trinajstić information content (AvgIpc) is 2.01. The molecule has 0 aliphatic rings. The third kappa shape index (κ3) is 6.46. The Bertz CT molecular complexity index is 202. The molecule has 14 heavy (non-hydrogen) atoms. The predicted octanol–water partition coefficient (Wildman–Crippen LogP) is 0.673. The summed E-state index contributed by atoms with van der Waals surface area (Å²) in [5.74, 6) is 0.267. The summed E-state index contributed by atoms with van der Waals surface area (Å²) in [7, 11) is 0. The molecule has 0 aromatic rings. The summed E-state index contributed by atoms with van der Waals surface area (Å²) in [5, 5.41) is 5.30. The van der Waals surface area contributed by atoms with E-state index < -0.39 is 6.04 Å². The Balaban J connectivity index is 3.67. The molecule has 1 atom stereocenters. The molecule has 2 amide bonds. The summed E-state index contributed by atoms with van der Waals surface area (Å²) in [6, 6.07) is -0.445. The minimum absolute atomic E-state index is 0.124. The lowest BCUT2D eigenvalue weighted by atomic mass is 10.1. The van der Waals surface area contributed by atoms with Crippen LogP contribution in [0.15, 0.2) is 0 Å². The van der Waals surface area contributed by atoms with Gasteiger partial charge in [-0.3, -0.25) is 9.59 Å². The van der Waals surface area contributed by atoms with Gasteiger partial charge in [-0.25, -0.2) is 0 Å². The Morgan fingerprint density at radius 1 is 1.21 bits per heavy atom. The smallest absolute Gasteiger partial charge is 0.242 e. The number of rotatable bonds is 5. The van der Waals surface area contributed by atoms with E-state index in [2.05, 4.69) is 24.5 Å². The van der Waals surface area contributed by atoms with Crippen LogP contribution in [0, 0.1) is 5.92 Å². The normalized spacial score (nSPS) is 12.4. The van der Waals surface area contributed by atoms with Crippen molar-refractivity contribution in [1.29, 1.82) is 0 Å². The molecule has 0 aromatic heterocycles. The molecule has 2 N–H and O–H groups in total. The fourth-order valence-electron chi connectivity index (χ4n) is 1.01. The van der Waals surface area contributed by atoms with Crippen LogP contribution in [0.25, 0.3) is 0 Å². The Kier molecular flexibility index (Phi) is 5.92. The molecule has 0 saturated heterocycles. The molecular formula is C10H20N2O2. The largest absolute Gasteiger partial charge is 0.354 e. The van der Waals surface area contributed by atoms with E-state index in [1.54, 1.807) is 6.92 Å². The van der Waals surface area contributed by atoms with Gasteiger partial charge in [0.15, 0.2) is 0 Å². The molecule has 4 nitrogen and oxygen atoms in total. The highest BCUT2D eigenvalue weighted by molar-refractivity contribution is 5.86. The van der Waals surface area contributed by atoms with E-state index in [0.29, 0.717) is 12.5 Å². The van der Waals surface area contributed by atoms with Crippen molar-refractivity contribution in [2.45, 2.75) is 40.2 Å². The first kappa shape index (κ1) is 12.9. The van der Waals surface area contributed by atoms with E-state index in [-0.39, 0.29) is 11.8 Å². The third-order valence-electron chi connectivity index (χ3n) is 1.83. The summed E-state index contributed by atoms with van der Waals surface area (Å²) < 4.78 is 0. The second-order valence-electron chi connectivity index (χ2n) is 3.90. The zero-order chi connectivity index (χ0) is 11.1.